The number of halogens is 3. The fraction of sp³-hybridized carbons (Fsp3) is 0.583. The highest BCUT2D eigenvalue weighted by atomic mass is 19.4. The van der Waals surface area contributed by atoms with Gasteiger partial charge in [0, 0.05) is 18.3 Å². The van der Waals surface area contributed by atoms with Gasteiger partial charge in [-0.3, -0.25) is 0 Å². The summed E-state index contributed by atoms with van der Waals surface area (Å²) in [5, 5.41) is 0. The summed E-state index contributed by atoms with van der Waals surface area (Å²) >= 11 is 0. The zero-order chi connectivity index (χ0) is 13.2. The van der Waals surface area contributed by atoms with Crippen LogP contribution in [0.5, 0.6) is 5.88 Å². The van der Waals surface area contributed by atoms with Gasteiger partial charge in [-0.05, 0) is 31.7 Å². The molecule has 6 heteroatoms. The Balaban J connectivity index is 2.01. The number of hydrogen-bond donors (Lipinski definition) is 1. The summed E-state index contributed by atoms with van der Waals surface area (Å²) in [5.41, 5.74) is 5.02. The van der Waals surface area contributed by atoms with Crippen LogP contribution in [0.4, 0.5) is 13.2 Å². The second kappa shape index (κ2) is 5.14. The van der Waals surface area contributed by atoms with Crippen molar-refractivity contribution >= 4 is 0 Å². The van der Waals surface area contributed by atoms with E-state index < -0.39 is 11.7 Å². The van der Waals surface area contributed by atoms with Crippen molar-refractivity contribution in [2.24, 2.45) is 5.73 Å². The molecule has 1 fully saturated rings. The van der Waals surface area contributed by atoms with Gasteiger partial charge in [0.1, 0.15) is 6.10 Å². The van der Waals surface area contributed by atoms with Gasteiger partial charge in [-0.1, -0.05) is 0 Å². The molecular formula is C12H15F3N2O. The van der Waals surface area contributed by atoms with E-state index in [-0.39, 0.29) is 18.0 Å². The SMILES string of the molecule is NC1CCC(Oc2cc(C(F)(F)F)ccn2)CC1. The van der Waals surface area contributed by atoms with Gasteiger partial charge in [0.25, 0.3) is 0 Å². The van der Waals surface area contributed by atoms with Crippen molar-refractivity contribution in [2.45, 2.75) is 44.0 Å². The fourth-order valence-corrected chi connectivity index (χ4v) is 2.03. The minimum absolute atomic E-state index is 0.0327. The van der Waals surface area contributed by atoms with E-state index in [0.717, 1.165) is 44.0 Å². The largest absolute Gasteiger partial charge is 0.474 e. The summed E-state index contributed by atoms with van der Waals surface area (Å²) in [6.45, 7) is 0. The van der Waals surface area contributed by atoms with Gasteiger partial charge in [0.15, 0.2) is 0 Å². The van der Waals surface area contributed by atoms with Crippen LogP contribution in [0.15, 0.2) is 18.3 Å². The Hall–Kier alpha value is -1.30. The Labute approximate surface area is 103 Å². The highest BCUT2D eigenvalue weighted by molar-refractivity contribution is 5.23. The molecule has 1 aromatic heterocycles. The van der Waals surface area contributed by atoms with Crippen LogP contribution in [0.2, 0.25) is 0 Å². The lowest BCUT2D eigenvalue weighted by Gasteiger charge is -2.26. The third-order valence-corrected chi connectivity index (χ3v) is 3.07. The molecule has 0 saturated heterocycles. The average molecular weight is 260 g/mol. The van der Waals surface area contributed by atoms with Crippen molar-refractivity contribution < 1.29 is 17.9 Å². The predicted octanol–water partition coefficient (Wildman–Crippen LogP) is 2.75. The highest BCUT2D eigenvalue weighted by Gasteiger charge is 2.31. The lowest BCUT2D eigenvalue weighted by molar-refractivity contribution is -0.137. The lowest BCUT2D eigenvalue weighted by atomic mass is 9.94. The summed E-state index contributed by atoms with van der Waals surface area (Å²) in [5.74, 6) is 0.0327. The van der Waals surface area contributed by atoms with Crippen LogP contribution in [0, 0.1) is 0 Å². The van der Waals surface area contributed by atoms with Gasteiger partial charge >= 0.3 is 6.18 Å². The molecule has 1 saturated carbocycles. The summed E-state index contributed by atoms with van der Waals surface area (Å²) < 4.78 is 43.0. The van der Waals surface area contributed by atoms with Gasteiger partial charge in [-0.2, -0.15) is 13.2 Å². The molecule has 0 unspecified atom stereocenters. The zero-order valence-electron chi connectivity index (χ0n) is 9.78. The van der Waals surface area contributed by atoms with Crippen LogP contribution in [0.3, 0.4) is 0 Å². The average Bonchev–Trinajstić information content (AvgIpc) is 2.31. The second-order valence-corrected chi connectivity index (χ2v) is 4.54. The van der Waals surface area contributed by atoms with Crippen molar-refractivity contribution in [3.63, 3.8) is 0 Å². The first kappa shape index (κ1) is 13.1. The number of ether oxygens (including phenoxy) is 1. The van der Waals surface area contributed by atoms with Crippen LogP contribution >= 0.6 is 0 Å². The van der Waals surface area contributed by atoms with E-state index in [0.29, 0.717) is 0 Å². The molecule has 2 rings (SSSR count). The number of hydrogen-bond acceptors (Lipinski definition) is 3. The van der Waals surface area contributed by atoms with Gasteiger partial charge in [0.05, 0.1) is 5.56 Å². The monoisotopic (exact) mass is 260 g/mol. The van der Waals surface area contributed by atoms with Gasteiger partial charge < -0.3 is 10.5 Å². The van der Waals surface area contributed by atoms with E-state index in [1.807, 2.05) is 0 Å². The summed E-state index contributed by atoms with van der Waals surface area (Å²) in [7, 11) is 0. The third-order valence-electron chi connectivity index (χ3n) is 3.07. The summed E-state index contributed by atoms with van der Waals surface area (Å²) in [6.07, 6.45) is -0.130. The highest BCUT2D eigenvalue weighted by Crippen LogP contribution is 2.31. The van der Waals surface area contributed by atoms with E-state index in [1.54, 1.807) is 0 Å². The molecule has 0 amide bonds. The molecule has 1 aromatic rings. The first-order valence-corrected chi connectivity index (χ1v) is 5.90. The maximum atomic E-state index is 12.5. The van der Waals surface area contributed by atoms with Crippen LogP contribution < -0.4 is 10.5 Å². The van der Waals surface area contributed by atoms with Crippen molar-refractivity contribution in [2.75, 3.05) is 0 Å². The smallest absolute Gasteiger partial charge is 0.416 e. The van der Waals surface area contributed by atoms with Crippen molar-refractivity contribution in [3.05, 3.63) is 23.9 Å². The maximum absolute atomic E-state index is 12.5. The minimum Gasteiger partial charge on any atom is -0.474 e. The summed E-state index contributed by atoms with van der Waals surface area (Å²) in [6, 6.07) is 2.05. The van der Waals surface area contributed by atoms with Crippen molar-refractivity contribution in [3.8, 4) is 5.88 Å². The molecule has 1 aliphatic carbocycles. The number of nitrogens with two attached hydrogens (primary N) is 1. The minimum atomic E-state index is -4.37. The van der Waals surface area contributed by atoms with Crippen LogP contribution in [0.25, 0.3) is 0 Å². The Kier molecular flexibility index (Phi) is 3.75. The Morgan fingerprint density at radius 1 is 1.22 bits per heavy atom. The summed E-state index contributed by atoms with van der Waals surface area (Å²) in [4.78, 5) is 3.81. The van der Waals surface area contributed by atoms with Crippen LogP contribution in [0.1, 0.15) is 31.2 Å². The molecule has 0 radical (unpaired) electrons. The normalized spacial score (nSPS) is 24.9. The van der Waals surface area contributed by atoms with Crippen LogP contribution in [-0.4, -0.2) is 17.1 Å². The molecule has 0 aromatic carbocycles. The fourth-order valence-electron chi connectivity index (χ4n) is 2.03. The quantitative estimate of drug-likeness (QED) is 0.889. The molecule has 0 aliphatic heterocycles. The molecule has 3 nitrogen and oxygen atoms in total. The van der Waals surface area contributed by atoms with Crippen molar-refractivity contribution in [1.82, 2.24) is 4.98 Å². The molecule has 100 valence electrons. The first-order valence-electron chi connectivity index (χ1n) is 5.90. The van der Waals surface area contributed by atoms with Gasteiger partial charge in [-0.25, -0.2) is 4.98 Å². The first-order chi connectivity index (χ1) is 8.45. The Morgan fingerprint density at radius 2 is 1.89 bits per heavy atom. The number of nitrogens with zero attached hydrogens (tertiary/aromatic N) is 1. The van der Waals surface area contributed by atoms with E-state index in [4.69, 9.17) is 10.5 Å². The predicted molar refractivity (Wildman–Crippen MR) is 60.1 cm³/mol. The number of pyridine rings is 1. The van der Waals surface area contributed by atoms with E-state index in [1.165, 1.54) is 0 Å². The molecular weight excluding hydrogens is 245 g/mol. The van der Waals surface area contributed by atoms with E-state index in [9.17, 15) is 13.2 Å². The van der Waals surface area contributed by atoms with Gasteiger partial charge in [0.2, 0.25) is 5.88 Å². The number of aromatic nitrogens is 1. The molecule has 1 aliphatic rings. The second-order valence-electron chi connectivity index (χ2n) is 4.54. The molecule has 0 bridgehead atoms. The Morgan fingerprint density at radius 3 is 2.50 bits per heavy atom. The molecule has 18 heavy (non-hydrogen) atoms. The number of alkyl halides is 3. The van der Waals surface area contributed by atoms with E-state index >= 15 is 0 Å². The van der Waals surface area contributed by atoms with E-state index in [2.05, 4.69) is 4.98 Å². The standard InChI is InChI=1S/C12H15F3N2O/c13-12(14,15)8-5-6-17-11(7-8)18-10-3-1-9(16)2-4-10/h5-7,9-10H,1-4,16H2. The third kappa shape index (κ3) is 3.35. The van der Waals surface area contributed by atoms with Crippen LogP contribution in [-0.2, 0) is 6.18 Å². The number of rotatable bonds is 2. The zero-order valence-corrected chi connectivity index (χ0v) is 9.78. The molecule has 2 N–H and O–H groups in total. The molecule has 0 atom stereocenters. The van der Waals surface area contributed by atoms with Gasteiger partial charge in [-0.15, -0.1) is 0 Å². The Bertz CT molecular complexity index is 401. The lowest BCUT2D eigenvalue weighted by Crippen LogP contribution is -2.31. The van der Waals surface area contributed by atoms with Crippen molar-refractivity contribution in [1.29, 1.82) is 0 Å². The molecule has 1 heterocycles. The maximum Gasteiger partial charge on any atom is 0.416 e. The topological polar surface area (TPSA) is 48.1 Å². The molecule has 0 spiro atoms.